The van der Waals surface area contributed by atoms with Gasteiger partial charge in [-0.1, -0.05) is 18.2 Å². The molecule has 0 bridgehead atoms. The first-order valence-corrected chi connectivity index (χ1v) is 8.39. The van der Waals surface area contributed by atoms with Crippen molar-refractivity contribution in [2.75, 3.05) is 0 Å². The lowest BCUT2D eigenvalue weighted by molar-refractivity contribution is 0.0691. The first kappa shape index (κ1) is 18.8. The molecule has 0 saturated carbocycles. The van der Waals surface area contributed by atoms with E-state index in [0.717, 1.165) is 5.56 Å². The number of nitrogens with one attached hydrogen (secondary N) is 1. The van der Waals surface area contributed by atoms with Gasteiger partial charge in [-0.2, -0.15) is 5.10 Å². The molecule has 0 saturated heterocycles. The summed E-state index contributed by atoms with van der Waals surface area (Å²) in [7, 11) is 0. The normalized spacial score (nSPS) is 12.1. The number of fused-ring (bicyclic) bond motifs is 1. The van der Waals surface area contributed by atoms with Gasteiger partial charge in [0, 0.05) is 23.3 Å². The van der Waals surface area contributed by atoms with Crippen molar-refractivity contribution in [3.63, 3.8) is 0 Å². The van der Waals surface area contributed by atoms with Crippen LogP contribution >= 0.6 is 0 Å². The minimum absolute atomic E-state index is 0.201. The van der Waals surface area contributed by atoms with Crippen LogP contribution in [0.3, 0.4) is 0 Å². The summed E-state index contributed by atoms with van der Waals surface area (Å²) in [5.74, 6) is -1.42. The maximum absolute atomic E-state index is 12.7. The molecule has 0 fully saturated rings. The zero-order valence-corrected chi connectivity index (χ0v) is 15.2. The Labute approximate surface area is 160 Å². The molecule has 0 unspecified atom stereocenters. The number of amides is 1. The number of rotatable bonds is 4. The lowest BCUT2D eigenvalue weighted by Crippen LogP contribution is -2.28. The molecular weight excluding hydrogens is 358 g/mol. The molecule has 0 atom stereocenters. The van der Waals surface area contributed by atoms with E-state index in [1.54, 1.807) is 62.6 Å². The van der Waals surface area contributed by atoms with Crippen LogP contribution < -0.4 is 5.32 Å². The highest BCUT2D eigenvalue weighted by molar-refractivity contribution is 6.13. The molecule has 0 spiro atoms. The van der Waals surface area contributed by atoms with Gasteiger partial charge in [0.1, 0.15) is 11.5 Å². The number of pyridine rings is 2. The van der Waals surface area contributed by atoms with E-state index in [0.29, 0.717) is 16.6 Å². The van der Waals surface area contributed by atoms with Gasteiger partial charge in [-0.25, -0.2) is 9.78 Å². The van der Waals surface area contributed by atoms with Crippen molar-refractivity contribution in [3.8, 4) is 0 Å². The third kappa shape index (κ3) is 4.24. The summed E-state index contributed by atoms with van der Waals surface area (Å²) >= 11 is 0. The molecule has 2 N–H and O–H groups in total. The van der Waals surface area contributed by atoms with Crippen molar-refractivity contribution >= 4 is 34.3 Å². The Hall–Kier alpha value is -3.94. The highest BCUT2D eigenvalue weighted by Crippen LogP contribution is 2.18. The van der Waals surface area contributed by atoms with Gasteiger partial charge in [-0.05, 0) is 38.1 Å². The summed E-state index contributed by atoms with van der Waals surface area (Å²) in [4.78, 5) is 32.0. The van der Waals surface area contributed by atoms with E-state index in [9.17, 15) is 14.7 Å². The van der Waals surface area contributed by atoms with Gasteiger partial charge in [-0.3, -0.25) is 9.78 Å². The summed E-state index contributed by atoms with van der Waals surface area (Å²) in [5.41, 5.74) is 1.95. The molecule has 8 nitrogen and oxygen atoms in total. The summed E-state index contributed by atoms with van der Waals surface area (Å²) in [6, 6.07) is 11.7. The summed E-state index contributed by atoms with van der Waals surface area (Å²) in [6.07, 6.45) is 3.31. The van der Waals surface area contributed by atoms with Crippen LogP contribution in [0.5, 0.6) is 0 Å². The number of carboxylic acids is 1. The van der Waals surface area contributed by atoms with Crippen molar-refractivity contribution in [3.05, 3.63) is 71.7 Å². The SMILES string of the molecule is C/C(=N\N=C(/C)c1ccncc1)NC(=O)c1cc(C(=O)O)nc2ccccc12. The molecule has 0 aliphatic heterocycles. The van der Waals surface area contributed by atoms with Crippen molar-refractivity contribution in [1.29, 1.82) is 0 Å². The quantitative estimate of drug-likeness (QED) is 0.413. The number of hydrogen-bond acceptors (Lipinski definition) is 6. The fourth-order valence-electron chi connectivity index (χ4n) is 2.53. The summed E-state index contributed by atoms with van der Waals surface area (Å²) in [6.45, 7) is 3.40. The second-order valence-electron chi connectivity index (χ2n) is 5.94. The number of amidine groups is 1. The van der Waals surface area contributed by atoms with Gasteiger partial charge >= 0.3 is 5.97 Å². The molecule has 2 heterocycles. The van der Waals surface area contributed by atoms with Crippen LogP contribution in [-0.4, -0.2) is 38.5 Å². The van der Waals surface area contributed by atoms with Crippen LogP contribution in [0.15, 0.2) is 65.1 Å². The van der Waals surface area contributed by atoms with Gasteiger partial charge in [0.15, 0.2) is 0 Å². The van der Waals surface area contributed by atoms with Crippen molar-refractivity contribution in [2.45, 2.75) is 13.8 Å². The molecule has 0 aliphatic carbocycles. The van der Waals surface area contributed by atoms with Gasteiger partial charge in [0.2, 0.25) is 0 Å². The predicted molar refractivity (Wildman–Crippen MR) is 106 cm³/mol. The predicted octanol–water partition coefficient (Wildman–Crippen LogP) is 2.90. The van der Waals surface area contributed by atoms with Gasteiger partial charge in [0.05, 0.1) is 16.8 Å². The van der Waals surface area contributed by atoms with Gasteiger partial charge < -0.3 is 10.4 Å². The van der Waals surface area contributed by atoms with E-state index < -0.39 is 11.9 Å². The Kier molecular flexibility index (Phi) is 5.50. The van der Waals surface area contributed by atoms with Crippen LogP contribution in [0, 0.1) is 0 Å². The monoisotopic (exact) mass is 375 g/mol. The molecule has 3 rings (SSSR count). The molecule has 28 heavy (non-hydrogen) atoms. The Morgan fingerprint density at radius 3 is 2.46 bits per heavy atom. The van der Waals surface area contributed by atoms with Crippen LogP contribution in [-0.2, 0) is 0 Å². The zero-order valence-electron chi connectivity index (χ0n) is 15.2. The molecule has 1 amide bonds. The van der Waals surface area contributed by atoms with E-state index in [-0.39, 0.29) is 17.1 Å². The Morgan fingerprint density at radius 1 is 1.04 bits per heavy atom. The Balaban J connectivity index is 1.87. The lowest BCUT2D eigenvalue weighted by atomic mass is 10.1. The highest BCUT2D eigenvalue weighted by atomic mass is 16.4. The first-order chi connectivity index (χ1) is 13.5. The molecule has 0 aliphatic rings. The van der Waals surface area contributed by atoms with Gasteiger partial charge in [0.25, 0.3) is 5.91 Å². The third-order valence-electron chi connectivity index (χ3n) is 3.92. The number of nitrogens with zero attached hydrogens (tertiary/aromatic N) is 4. The molecule has 2 aromatic heterocycles. The summed E-state index contributed by atoms with van der Waals surface area (Å²) < 4.78 is 0. The average molecular weight is 375 g/mol. The number of para-hydroxylation sites is 1. The topological polar surface area (TPSA) is 117 Å². The van der Waals surface area contributed by atoms with Gasteiger partial charge in [-0.15, -0.1) is 5.10 Å². The summed E-state index contributed by atoms with van der Waals surface area (Å²) in [5, 5.41) is 20.6. The molecule has 0 radical (unpaired) electrons. The van der Waals surface area contributed by atoms with Crippen molar-refractivity contribution < 1.29 is 14.7 Å². The molecule has 8 heteroatoms. The minimum Gasteiger partial charge on any atom is -0.477 e. The maximum Gasteiger partial charge on any atom is 0.354 e. The van der Waals surface area contributed by atoms with Crippen LogP contribution in [0.4, 0.5) is 0 Å². The number of carbonyl (C=O) groups excluding carboxylic acids is 1. The molecule has 1 aromatic carbocycles. The van der Waals surface area contributed by atoms with Crippen LogP contribution in [0.1, 0.15) is 40.3 Å². The van der Waals surface area contributed by atoms with Crippen molar-refractivity contribution in [2.24, 2.45) is 10.2 Å². The molecular formula is C20H17N5O3. The highest BCUT2D eigenvalue weighted by Gasteiger charge is 2.16. The minimum atomic E-state index is -1.21. The second kappa shape index (κ2) is 8.17. The number of carbonyl (C=O) groups is 2. The number of aromatic carboxylic acids is 1. The van der Waals surface area contributed by atoms with E-state index in [4.69, 9.17) is 0 Å². The van der Waals surface area contributed by atoms with Crippen LogP contribution in [0.25, 0.3) is 10.9 Å². The van der Waals surface area contributed by atoms with E-state index in [1.807, 2.05) is 0 Å². The number of benzene rings is 1. The Morgan fingerprint density at radius 2 is 1.75 bits per heavy atom. The standard InChI is InChI=1S/C20H17N5O3/c1-12(14-7-9-21-10-8-14)24-25-13(2)22-19(26)16-11-18(20(27)28)23-17-6-4-3-5-15(16)17/h3-11H,1-2H3,(H,27,28)(H,22,25,26)/b24-12+. The second-order valence-corrected chi connectivity index (χ2v) is 5.94. The number of aromatic nitrogens is 2. The molecule has 140 valence electrons. The number of hydrogen-bond donors (Lipinski definition) is 2. The lowest BCUT2D eigenvalue weighted by Gasteiger charge is -2.08. The van der Waals surface area contributed by atoms with Crippen LogP contribution in [0.2, 0.25) is 0 Å². The third-order valence-corrected chi connectivity index (χ3v) is 3.92. The molecule has 3 aromatic rings. The maximum atomic E-state index is 12.7. The number of carboxylic acid groups (broad SMARTS) is 1. The van der Waals surface area contributed by atoms with E-state index in [2.05, 4.69) is 25.5 Å². The largest absolute Gasteiger partial charge is 0.477 e. The average Bonchev–Trinajstić information content (AvgIpc) is 2.71. The first-order valence-electron chi connectivity index (χ1n) is 8.39. The zero-order chi connectivity index (χ0) is 20.1. The van der Waals surface area contributed by atoms with Crippen molar-refractivity contribution in [1.82, 2.24) is 15.3 Å². The fourth-order valence-corrected chi connectivity index (χ4v) is 2.53. The fraction of sp³-hybridized carbons (Fsp3) is 0.100. The van der Waals surface area contributed by atoms with E-state index >= 15 is 0 Å². The van der Waals surface area contributed by atoms with E-state index in [1.165, 1.54) is 6.07 Å². The Bertz CT molecular complexity index is 1110. The smallest absolute Gasteiger partial charge is 0.354 e.